The minimum atomic E-state index is -0.443. The molecule has 0 radical (unpaired) electrons. The van der Waals surface area contributed by atoms with Gasteiger partial charge in [-0.3, -0.25) is 9.59 Å². The van der Waals surface area contributed by atoms with Crippen LogP contribution in [0.1, 0.15) is 27.0 Å². The molecule has 2 heterocycles. The molecule has 0 atom stereocenters. The standard InChI is InChI=1S/C16H16FN3O2.ClH/c1-9-6-14(21)19-8-12(9)16(22)20-13-3-2-10-7-18-5-4-11(10)15(13)17;/h2-3,6,8,18H,4-5,7H2,1H3,(H,19,21)(H,20,22);1H. The molecule has 0 unspecified atom stereocenters. The molecule has 0 saturated heterocycles. The lowest BCUT2D eigenvalue weighted by atomic mass is 9.99. The van der Waals surface area contributed by atoms with Gasteiger partial charge in [0.1, 0.15) is 5.82 Å². The molecule has 7 heteroatoms. The van der Waals surface area contributed by atoms with Crippen LogP contribution in [0.15, 0.2) is 29.2 Å². The zero-order valence-electron chi connectivity index (χ0n) is 12.5. The van der Waals surface area contributed by atoms with Crippen LogP contribution in [0, 0.1) is 12.7 Å². The van der Waals surface area contributed by atoms with Gasteiger partial charge in [-0.05, 0) is 42.6 Å². The number of pyridine rings is 1. The van der Waals surface area contributed by atoms with Gasteiger partial charge in [-0.15, -0.1) is 12.4 Å². The number of anilines is 1. The Morgan fingerprint density at radius 2 is 2.13 bits per heavy atom. The Morgan fingerprint density at radius 1 is 1.35 bits per heavy atom. The molecule has 1 amide bonds. The summed E-state index contributed by atoms with van der Waals surface area (Å²) >= 11 is 0. The average Bonchev–Trinajstić information content (AvgIpc) is 2.50. The van der Waals surface area contributed by atoms with Crippen LogP contribution in [0.3, 0.4) is 0 Å². The predicted octanol–water partition coefficient (Wildman–Crippen LogP) is 2.14. The van der Waals surface area contributed by atoms with E-state index in [1.54, 1.807) is 13.0 Å². The Hall–Kier alpha value is -2.18. The van der Waals surface area contributed by atoms with E-state index in [4.69, 9.17) is 0 Å². The highest BCUT2D eigenvalue weighted by Crippen LogP contribution is 2.25. The number of benzene rings is 1. The van der Waals surface area contributed by atoms with Crippen molar-refractivity contribution in [3.05, 3.63) is 62.8 Å². The number of H-pyrrole nitrogens is 1. The van der Waals surface area contributed by atoms with Crippen LogP contribution in [-0.4, -0.2) is 17.4 Å². The second-order valence-corrected chi connectivity index (χ2v) is 5.34. The zero-order valence-corrected chi connectivity index (χ0v) is 13.3. The molecule has 122 valence electrons. The second kappa shape index (κ2) is 6.93. The monoisotopic (exact) mass is 337 g/mol. The number of aryl methyl sites for hydroxylation is 1. The zero-order chi connectivity index (χ0) is 15.7. The Bertz CT molecular complexity index is 804. The minimum Gasteiger partial charge on any atom is -0.328 e. The Labute approximate surface area is 138 Å². The first-order chi connectivity index (χ1) is 10.6. The molecule has 1 aromatic carbocycles. The fraction of sp³-hybridized carbons (Fsp3) is 0.250. The number of halogens is 2. The van der Waals surface area contributed by atoms with Crippen molar-refractivity contribution in [3.8, 4) is 0 Å². The number of rotatable bonds is 2. The second-order valence-electron chi connectivity index (χ2n) is 5.34. The summed E-state index contributed by atoms with van der Waals surface area (Å²) in [6.45, 7) is 3.03. The van der Waals surface area contributed by atoms with Gasteiger partial charge in [0, 0.05) is 18.8 Å². The molecule has 3 rings (SSSR count). The van der Waals surface area contributed by atoms with Gasteiger partial charge in [-0.2, -0.15) is 0 Å². The third-order valence-corrected chi connectivity index (χ3v) is 3.83. The van der Waals surface area contributed by atoms with Crippen LogP contribution in [-0.2, 0) is 13.0 Å². The SMILES string of the molecule is Cc1cc(=O)[nH]cc1C(=O)Nc1ccc2c(c1F)CCNC2.Cl. The maximum atomic E-state index is 14.5. The summed E-state index contributed by atoms with van der Waals surface area (Å²) in [4.78, 5) is 25.9. The van der Waals surface area contributed by atoms with E-state index in [1.807, 2.05) is 6.07 Å². The molecular formula is C16H17ClFN3O2. The molecule has 3 N–H and O–H groups in total. The largest absolute Gasteiger partial charge is 0.328 e. The molecule has 2 aromatic rings. The van der Waals surface area contributed by atoms with Crippen LogP contribution in [0.25, 0.3) is 0 Å². The highest BCUT2D eigenvalue weighted by molar-refractivity contribution is 6.05. The molecule has 0 saturated carbocycles. The fourth-order valence-corrected chi connectivity index (χ4v) is 2.64. The number of aromatic amines is 1. The van der Waals surface area contributed by atoms with Crippen LogP contribution >= 0.6 is 12.4 Å². The molecule has 0 fully saturated rings. The number of hydrogen-bond donors (Lipinski definition) is 3. The van der Waals surface area contributed by atoms with E-state index in [2.05, 4.69) is 15.6 Å². The first-order valence-electron chi connectivity index (χ1n) is 7.08. The Kier molecular flexibility index (Phi) is 5.18. The van der Waals surface area contributed by atoms with Crippen molar-refractivity contribution in [2.75, 3.05) is 11.9 Å². The van der Waals surface area contributed by atoms with E-state index < -0.39 is 5.91 Å². The fourth-order valence-electron chi connectivity index (χ4n) is 2.64. The maximum Gasteiger partial charge on any atom is 0.257 e. The van der Waals surface area contributed by atoms with Gasteiger partial charge in [0.25, 0.3) is 5.91 Å². The number of carbonyl (C=O) groups is 1. The molecule has 0 bridgehead atoms. The number of aromatic nitrogens is 1. The first-order valence-corrected chi connectivity index (χ1v) is 7.08. The Balaban J connectivity index is 0.00000192. The van der Waals surface area contributed by atoms with Gasteiger partial charge in [0.05, 0.1) is 11.3 Å². The normalized spacial score (nSPS) is 13.0. The van der Waals surface area contributed by atoms with Crippen molar-refractivity contribution in [2.45, 2.75) is 19.9 Å². The van der Waals surface area contributed by atoms with Crippen LogP contribution in [0.5, 0.6) is 0 Å². The molecular weight excluding hydrogens is 321 g/mol. The summed E-state index contributed by atoms with van der Waals surface area (Å²) in [5.74, 6) is -0.823. The van der Waals surface area contributed by atoms with Crippen molar-refractivity contribution in [2.24, 2.45) is 0 Å². The quantitative estimate of drug-likeness (QED) is 0.786. The van der Waals surface area contributed by atoms with Crippen LogP contribution in [0.2, 0.25) is 0 Å². The van der Waals surface area contributed by atoms with Crippen molar-refractivity contribution >= 4 is 24.0 Å². The lowest BCUT2D eigenvalue weighted by molar-refractivity contribution is 0.102. The molecule has 0 spiro atoms. The summed E-state index contributed by atoms with van der Waals surface area (Å²) in [7, 11) is 0. The Morgan fingerprint density at radius 3 is 2.87 bits per heavy atom. The molecule has 5 nitrogen and oxygen atoms in total. The summed E-state index contributed by atoms with van der Waals surface area (Å²) in [6.07, 6.45) is 1.94. The maximum absolute atomic E-state index is 14.5. The van der Waals surface area contributed by atoms with E-state index in [0.717, 1.165) is 12.1 Å². The average molecular weight is 338 g/mol. The highest BCUT2D eigenvalue weighted by atomic mass is 35.5. The smallest absolute Gasteiger partial charge is 0.257 e. The summed E-state index contributed by atoms with van der Waals surface area (Å²) in [5, 5.41) is 5.76. The van der Waals surface area contributed by atoms with Gasteiger partial charge >= 0.3 is 0 Å². The van der Waals surface area contributed by atoms with E-state index in [0.29, 0.717) is 29.7 Å². The number of hydrogen-bond acceptors (Lipinski definition) is 3. The predicted molar refractivity (Wildman–Crippen MR) is 88.8 cm³/mol. The molecule has 1 aliphatic heterocycles. The molecule has 23 heavy (non-hydrogen) atoms. The minimum absolute atomic E-state index is 0. The van der Waals surface area contributed by atoms with Gasteiger partial charge in [0.2, 0.25) is 5.56 Å². The number of amides is 1. The van der Waals surface area contributed by atoms with Crippen molar-refractivity contribution in [3.63, 3.8) is 0 Å². The van der Waals surface area contributed by atoms with Crippen LogP contribution < -0.4 is 16.2 Å². The lowest BCUT2D eigenvalue weighted by Gasteiger charge is -2.19. The van der Waals surface area contributed by atoms with Crippen molar-refractivity contribution in [1.82, 2.24) is 10.3 Å². The van der Waals surface area contributed by atoms with E-state index in [9.17, 15) is 14.0 Å². The van der Waals surface area contributed by atoms with Crippen molar-refractivity contribution in [1.29, 1.82) is 0 Å². The van der Waals surface area contributed by atoms with Gasteiger partial charge < -0.3 is 15.6 Å². The van der Waals surface area contributed by atoms with Crippen LogP contribution in [0.4, 0.5) is 10.1 Å². The number of nitrogens with one attached hydrogen (secondary N) is 3. The summed E-state index contributed by atoms with van der Waals surface area (Å²) < 4.78 is 14.5. The third-order valence-electron chi connectivity index (χ3n) is 3.83. The molecule has 1 aromatic heterocycles. The van der Waals surface area contributed by atoms with Crippen molar-refractivity contribution < 1.29 is 9.18 Å². The van der Waals surface area contributed by atoms with Gasteiger partial charge in [-0.1, -0.05) is 6.07 Å². The van der Waals surface area contributed by atoms with Gasteiger partial charge in [0.15, 0.2) is 0 Å². The third kappa shape index (κ3) is 3.43. The number of fused-ring (bicyclic) bond motifs is 1. The van der Waals surface area contributed by atoms with E-state index in [1.165, 1.54) is 12.3 Å². The number of carbonyl (C=O) groups excluding carboxylic acids is 1. The molecule has 0 aliphatic carbocycles. The summed E-state index contributed by atoms with van der Waals surface area (Å²) in [5.41, 5.74) is 2.32. The highest BCUT2D eigenvalue weighted by Gasteiger charge is 2.18. The summed E-state index contributed by atoms with van der Waals surface area (Å²) in [6, 6.07) is 4.73. The lowest BCUT2D eigenvalue weighted by Crippen LogP contribution is -2.25. The van der Waals surface area contributed by atoms with E-state index >= 15 is 0 Å². The van der Waals surface area contributed by atoms with Gasteiger partial charge in [-0.25, -0.2) is 4.39 Å². The van der Waals surface area contributed by atoms with E-state index in [-0.39, 0.29) is 29.5 Å². The topological polar surface area (TPSA) is 74.0 Å². The molecule has 1 aliphatic rings. The first kappa shape index (κ1) is 17.2.